The van der Waals surface area contributed by atoms with Crippen LogP contribution in [0.5, 0.6) is 0 Å². The van der Waals surface area contributed by atoms with Crippen molar-refractivity contribution in [1.82, 2.24) is 9.80 Å². The van der Waals surface area contributed by atoms with E-state index in [1.54, 1.807) is 30.0 Å². The van der Waals surface area contributed by atoms with Gasteiger partial charge in [-0.25, -0.2) is 0 Å². The van der Waals surface area contributed by atoms with Crippen molar-refractivity contribution >= 4 is 11.8 Å². The third kappa shape index (κ3) is 3.70. The highest BCUT2D eigenvalue weighted by atomic mass is 16.3. The minimum atomic E-state index is -0.544. The molecule has 0 radical (unpaired) electrons. The Balaban J connectivity index is 1.55. The molecule has 1 saturated heterocycles. The van der Waals surface area contributed by atoms with E-state index in [0.717, 1.165) is 36.0 Å². The number of nitriles is 1. The molecular weight excluding hydrogens is 390 g/mol. The van der Waals surface area contributed by atoms with Crippen molar-refractivity contribution in [3.8, 4) is 17.2 Å². The first-order valence-electron chi connectivity index (χ1n) is 10.7. The first kappa shape index (κ1) is 21.1. The lowest BCUT2D eigenvalue weighted by Gasteiger charge is -2.53. The van der Waals surface area contributed by atoms with Crippen LogP contribution >= 0.6 is 0 Å². The highest BCUT2D eigenvalue weighted by molar-refractivity contribution is 5.95. The Kier molecular flexibility index (Phi) is 5.79. The molecule has 0 unspecified atom stereocenters. The van der Waals surface area contributed by atoms with E-state index in [0.29, 0.717) is 5.56 Å². The fourth-order valence-corrected chi connectivity index (χ4v) is 4.56. The van der Waals surface area contributed by atoms with Crippen LogP contribution < -0.4 is 0 Å². The molecule has 2 aromatic rings. The Morgan fingerprint density at radius 2 is 1.84 bits per heavy atom. The van der Waals surface area contributed by atoms with Crippen molar-refractivity contribution in [2.45, 2.75) is 37.3 Å². The molecule has 2 fully saturated rings. The number of hydrogen-bond donors (Lipinski definition) is 1. The van der Waals surface area contributed by atoms with Crippen LogP contribution in [-0.2, 0) is 4.79 Å². The molecule has 2 amide bonds. The van der Waals surface area contributed by atoms with E-state index >= 15 is 0 Å². The van der Waals surface area contributed by atoms with Gasteiger partial charge in [0.05, 0.1) is 18.7 Å². The number of benzene rings is 2. The molecular formula is C25H27N3O3. The second-order valence-electron chi connectivity index (χ2n) is 8.63. The molecule has 1 aliphatic heterocycles. The molecule has 0 aromatic heterocycles. The summed E-state index contributed by atoms with van der Waals surface area (Å²) in [5, 5.41) is 19.7. The van der Waals surface area contributed by atoms with Crippen LogP contribution in [0, 0.1) is 17.2 Å². The normalized spacial score (nSPS) is 22.8. The van der Waals surface area contributed by atoms with E-state index in [1.165, 1.54) is 0 Å². The van der Waals surface area contributed by atoms with Gasteiger partial charge in [-0.3, -0.25) is 9.59 Å². The molecule has 1 saturated carbocycles. The lowest BCUT2D eigenvalue weighted by atomic mass is 9.73. The fraction of sp³-hybridized carbons (Fsp3) is 0.400. The lowest BCUT2D eigenvalue weighted by Crippen LogP contribution is -2.66. The Hall–Kier alpha value is -3.17. The summed E-state index contributed by atoms with van der Waals surface area (Å²) in [4.78, 5) is 28.1. The number of carbonyl (C=O) groups excluding carboxylic acids is 2. The van der Waals surface area contributed by atoms with E-state index in [9.17, 15) is 20.0 Å². The predicted molar refractivity (Wildman–Crippen MR) is 117 cm³/mol. The lowest BCUT2D eigenvalue weighted by molar-refractivity contribution is -0.154. The van der Waals surface area contributed by atoms with Crippen molar-refractivity contribution in [1.29, 1.82) is 5.26 Å². The molecule has 4 rings (SSSR count). The van der Waals surface area contributed by atoms with Crippen LogP contribution in [0.15, 0.2) is 48.5 Å². The molecule has 6 nitrogen and oxygen atoms in total. The Labute approximate surface area is 182 Å². The molecule has 0 bridgehead atoms. The molecule has 1 heterocycles. The molecule has 1 aliphatic carbocycles. The van der Waals surface area contributed by atoms with Gasteiger partial charge in [-0.1, -0.05) is 42.8 Å². The zero-order valence-corrected chi connectivity index (χ0v) is 17.9. The third-order valence-electron chi connectivity index (χ3n) is 6.58. The highest BCUT2D eigenvalue weighted by Crippen LogP contribution is 2.43. The molecule has 6 heteroatoms. The zero-order chi connectivity index (χ0) is 22.1. The topological polar surface area (TPSA) is 84.6 Å². The van der Waals surface area contributed by atoms with Crippen LogP contribution in [0.25, 0.3) is 11.1 Å². The third-order valence-corrected chi connectivity index (χ3v) is 6.58. The summed E-state index contributed by atoms with van der Waals surface area (Å²) in [5.41, 5.74) is 3.46. The molecule has 31 heavy (non-hydrogen) atoms. The van der Waals surface area contributed by atoms with Crippen molar-refractivity contribution in [3.05, 3.63) is 59.7 Å². The van der Waals surface area contributed by atoms with Crippen LogP contribution in [0.1, 0.15) is 41.1 Å². The van der Waals surface area contributed by atoms with E-state index in [1.807, 2.05) is 42.5 Å². The van der Waals surface area contributed by atoms with Crippen LogP contribution in [0.2, 0.25) is 0 Å². The number of likely N-dealkylation sites (tertiary alicyclic amines) is 1. The molecule has 2 aromatic carbocycles. The number of carbonyl (C=O) groups is 2. The van der Waals surface area contributed by atoms with Crippen molar-refractivity contribution in [2.24, 2.45) is 5.92 Å². The maximum Gasteiger partial charge on any atom is 0.253 e. The van der Waals surface area contributed by atoms with E-state index in [-0.39, 0.29) is 36.3 Å². The Morgan fingerprint density at radius 3 is 2.39 bits per heavy atom. The first-order valence-corrected chi connectivity index (χ1v) is 10.7. The average Bonchev–Trinajstić information content (AvgIpc) is 2.72. The number of nitrogens with zero attached hydrogens (tertiary/aromatic N) is 3. The van der Waals surface area contributed by atoms with Crippen LogP contribution in [-0.4, -0.2) is 59.5 Å². The smallest absolute Gasteiger partial charge is 0.253 e. The number of amides is 2. The van der Waals surface area contributed by atoms with E-state index < -0.39 is 6.04 Å². The largest absolute Gasteiger partial charge is 0.394 e. The van der Waals surface area contributed by atoms with Gasteiger partial charge in [0.1, 0.15) is 6.04 Å². The SMILES string of the molecule is CN(C)C(=O)c1cccc(-c2ccc([C@@H]3[C@@H](C#N)N(C(=O)C4CCC4)[C@H]3CO)cc2)c1. The second kappa shape index (κ2) is 8.52. The number of hydrogen-bond acceptors (Lipinski definition) is 4. The summed E-state index contributed by atoms with van der Waals surface area (Å²) < 4.78 is 0. The van der Waals surface area contributed by atoms with E-state index in [4.69, 9.17) is 0 Å². The predicted octanol–water partition coefficient (Wildman–Crippen LogP) is 3.03. The van der Waals surface area contributed by atoms with Crippen LogP contribution in [0.3, 0.4) is 0 Å². The summed E-state index contributed by atoms with van der Waals surface area (Å²) in [5.74, 6) is -0.237. The first-order chi connectivity index (χ1) is 15.0. The molecule has 1 N–H and O–H groups in total. The zero-order valence-electron chi connectivity index (χ0n) is 17.9. The number of aliphatic hydroxyl groups excluding tert-OH is 1. The highest BCUT2D eigenvalue weighted by Gasteiger charge is 2.53. The monoisotopic (exact) mass is 417 g/mol. The summed E-state index contributed by atoms with van der Waals surface area (Å²) in [6.07, 6.45) is 2.80. The van der Waals surface area contributed by atoms with Crippen molar-refractivity contribution in [2.75, 3.05) is 20.7 Å². The maximum absolute atomic E-state index is 12.7. The van der Waals surface area contributed by atoms with Gasteiger partial charge in [-0.05, 0) is 41.7 Å². The molecule has 160 valence electrons. The Bertz CT molecular complexity index is 1020. The van der Waals surface area contributed by atoms with Gasteiger partial charge in [0, 0.05) is 31.5 Å². The van der Waals surface area contributed by atoms with Gasteiger partial charge in [0.25, 0.3) is 5.91 Å². The minimum absolute atomic E-state index is 0.00498. The summed E-state index contributed by atoms with van der Waals surface area (Å²) in [6, 6.07) is 16.7. The molecule has 2 aliphatic rings. The average molecular weight is 418 g/mol. The maximum atomic E-state index is 12.7. The van der Waals surface area contributed by atoms with E-state index in [2.05, 4.69) is 6.07 Å². The quantitative estimate of drug-likeness (QED) is 0.810. The standard InChI is InChI=1S/C25H27N3O3/c1-27(2)24(30)20-8-4-7-19(13-20)16-9-11-17(12-10-16)23-21(14-26)28(22(23)15-29)25(31)18-5-3-6-18/h4,7-13,18,21-23,29H,3,5-6,15H2,1-2H3/t21-,22+,23-/m1/s1. The number of rotatable bonds is 5. The van der Waals surface area contributed by atoms with Gasteiger partial charge < -0.3 is 14.9 Å². The van der Waals surface area contributed by atoms with Gasteiger partial charge in [-0.15, -0.1) is 0 Å². The van der Waals surface area contributed by atoms with Crippen molar-refractivity contribution < 1.29 is 14.7 Å². The Morgan fingerprint density at radius 1 is 1.13 bits per heavy atom. The summed E-state index contributed by atoms with van der Waals surface area (Å²) in [7, 11) is 3.45. The van der Waals surface area contributed by atoms with Gasteiger partial charge in [-0.2, -0.15) is 5.26 Å². The van der Waals surface area contributed by atoms with Crippen molar-refractivity contribution in [3.63, 3.8) is 0 Å². The minimum Gasteiger partial charge on any atom is -0.394 e. The van der Waals surface area contributed by atoms with Crippen LogP contribution in [0.4, 0.5) is 0 Å². The fourth-order valence-electron chi connectivity index (χ4n) is 4.56. The van der Waals surface area contributed by atoms with Gasteiger partial charge in [0.15, 0.2) is 0 Å². The summed E-state index contributed by atoms with van der Waals surface area (Å²) in [6.45, 7) is -0.155. The molecule has 3 atom stereocenters. The second-order valence-corrected chi connectivity index (χ2v) is 8.63. The number of aliphatic hydroxyl groups is 1. The van der Waals surface area contributed by atoms with Gasteiger partial charge >= 0.3 is 0 Å². The molecule has 0 spiro atoms. The summed E-state index contributed by atoms with van der Waals surface area (Å²) >= 11 is 0. The van der Waals surface area contributed by atoms with Gasteiger partial charge in [0.2, 0.25) is 5.91 Å².